The lowest BCUT2D eigenvalue weighted by Crippen LogP contribution is -2.38. The summed E-state index contributed by atoms with van der Waals surface area (Å²) in [7, 11) is 1.35. The van der Waals surface area contributed by atoms with Crippen LogP contribution in [0, 0.1) is 22.2 Å². The average molecular weight is 466 g/mol. The van der Waals surface area contributed by atoms with Crippen LogP contribution in [-0.4, -0.2) is 32.3 Å². The number of methoxy groups -OCH3 is 1. The lowest BCUT2D eigenvalue weighted by atomic mass is 9.72. The van der Waals surface area contributed by atoms with E-state index in [1.54, 1.807) is 69.3 Å². The van der Waals surface area contributed by atoms with Crippen molar-refractivity contribution >= 4 is 23.3 Å². The normalized spacial score (nSPS) is 13.1. The molecule has 0 radical (unpaired) electrons. The lowest BCUT2D eigenvalue weighted by Gasteiger charge is -2.33. The Hall–Kier alpha value is -3.73. The van der Waals surface area contributed by atoms with Crippen LogP contribution in [0.4, 0.5) is 11.4 Å². The van der Waals surface area contributed by atoms with Gasteiger partial charge in [0.2, 0.25) is 0 Å². The Morgan fingerprint density at radius 1 is 0.912 bits per heavy atom. The molecule has 1 atom stereocenters. The fourth-order valence-electron chi connectivity index (χ4n) is 3.45. The minimum Gasteiger partial charge on any atom is -0.490 e. The smallest absolute Gasteiger partial charge is 0.311 e. The van der Waals surface area contributed by atoms with Crippen LogP contribution in [0.2, 0.25) is 0 Å². The van der Waals surface area contributed by atoms with Crippen molar-refractivity contribution in [3.8, 4) is 11.8 Å². The van der Waals surface area contributed by atoms with Crippen molar-refractivity contribution in [1.82, 2.24) is 0 Å². The molecule has 0 N–H and O–H groups in total. The van der Waals surface area contributed by atoms with Crippen molar-refractivity contribution in [3.63, 3.8) is 0 Å². The Bertz CT molecular complexity index is 1040. The Morgan fingerprint density at radius 3 is 1.97 bits per heavy atom. The van der Waals surface area contributed by atoms with Crippen molar-refractivity contribution in [2.24, 2.45) is 21.1 Å². The molecule has 0 heterocycles. The molecule has 180 valence electrons. The van der Waals surface area contributed by atoms with Crippen LogP contribution < -0.4 is 4.74 Å². The van der Waals surface area contributed by atoms with E-state index in [-0.39, 0.29) is 19.2 Å². The van der Waals surface area contributed by atoms with E-state index in [1.807, 2.05) is 6.92 Å². The summed E-state index contributed by atoms with van der Waals surface area (Å²) in [6.07, 6.45) is 0.879. The third kappa shape index (κ3) is 7.41. The van der Waals surface area contributed by atoms with E-state index in [4.69, 9.17) is 19.5 Å². The van der Waals surface area contributed by atoms with E-state index in [9.17, 15) is 9.59 Å². The molecule has 0 saturated carbocycles. The Kier molecular flexibility index (Phi) is 9.31. The van der Waals surface area contributed by atoms with Gasteiger partial charge in [-0.15, -0.1) is 0 Å². The van der Waals surface area contributed by atoms with Gasteiger partial charge < -0.3 is 14.2 Å². The van der Waals surface area contributed by atoms with Crippen molar-refractivity contribution in [2.45, 2.75) is 40.5 Å². The third-order valence-corrected chi connectivity index (χ3v) is 5.54. The summed E-state index contributed by atoms with van der Waals surface area (Å²) in [6.45, 7) is 7.49. The van der Waals surface area contributed by atoms with E-state index in [0.717, 1.165) is 0 Å². The number of hydrogen-bond donors (Lipinski definition) is 0. The Morgan fingerprint density at radius 2 is 1.47 bits per heavy atom. The quantitative estimate of drug-likeness (QED) is 0.232. The van der Waals surface area contributed by atoms with Crippen LogP contribution in [0.1, 0.15) is 46.1 Å². The second-order valence-electron chi connectivity index (χ2n) is 8.80. The zero-order chi connectivity index (χ0) is 25.2. The lowest BCUT2D eigenvalue weighted by molar-refractivity contribution is -0.162. The van der Waals surface area contributed by atoms with E-state index >= 15 is 0 Å². The van der Waals surface area contributed by atoms with Crippen molar-refractivity contribution in [3.05, 3.63) is 54.1 Å². The predicted octanol–water partition coefficient (Wildman–Crippen LogP) is 5.90. The first kappa shape index (κ1) is 26.5. The van der Waals surface area contributed by atoms with Crippen LogP contribution in [0.15, 0.2) is 58.8 Å². The molecule has 0 spiro atoms. The monoisotopic (exact) mass is 465 g/mol. The summed E-state index contributed by atoms with van der Waals surface area (Å²) in [5.41, 5.74) is 0.257. The number of ether oxygens (including phenoxy) is 3. The molecular formula is C26H31N3O5. The highest BCUT2D eigenvalue weighted by molar-refractivity contribution is 5.80. The number of azo groups is 1. The van der Waals surface area contributed by atoms with Crippen LogP contribution in [0.25, 0.3) is 0 Å². The minimum absolute atomic E-state index is 0.0868. The van der Waals surface area contributed by atoms with Gasteiger partial charge >= 0.3 is 11.9 Å². The number of carbonyl (C=O) groups is 2. The molecule has 34 heavy (non-hydrogen) atoms. The first-order chi connectivity index (χ1) is 16.1. The van der Waals surface area contributed by atoms with Gasteiger partial charge in [-0.05, 0) is 82.1 Å². The maximum atomic E-state index is 12.6. The molecule has 8 heteroatoms. The summed E-state index contributed by atoms with van der Waals surface area (Å²) >= 11 is 0. The van der Waals surface area contributed by atoms with E-state index in [0.29, 0.717) is 35.5 Å². The van der Waals surface area contributed by atoms with E-state index < -0.39 is 16.8 Å². The van der Waals surface area contributed by atoms with Gasteiger partial charge in [-0.25, -0.2) is 0 Å². The molecule has 1 unspecified atom stereocenters. The molecule has 2 rings (SSSR count). The highest BCUT2D eigenvalue weighted by atomic mass is 16.6. The van der Waals surface area contributed by atoms with Crippen LogP contribution in [0.3, 0.4) is 0 Å². The summed E-state index contributed by atoms with van der Waals surface area (Å²) in [4.78, 5) is 24.7. The molecule has 2 aromatic carbocycles. The predicted molar refractivity (Wildman–Crippen MR) is 127 cm³/mol. The molecule has 0 fully saturated rings. The maximum Gasteiger partial charge on any atom is 0.311 e. The SMILES string of the molecule is CCC(C)(CC(C)(C)C(=O)OCCOc1ccc(/N=N/c2ccc(C#N)cc2)cc1)C(=O)OC. The van der Waals surface area contributed by atoms with Crippen molar-refractivity contribution in [1.29, 1.82) is 5.26 Å². The standard InChI is InChI=1S/C26H31N3O5/c1-6-26(4,24(31)32-5)18-25(2,3)23(30)34-16-15-33-22-13-11-21(12-14-22)29-28-20-9-7-19(17-27)8-10-20/h7-14H,6,15-16,18H2,1-5H3/b29-28+. The second-order valence-corrected chi connectivity index (χ2v) is 8.80. The van der Waals surface area contributed by atoms with Gasteiger partial charge in [0, 0.05) is 0 Å². The van der Waals surface area contributed by atoms with Crippen LogP contribution in [0.5, 0.6) is 5.75 Å². The molecule has 0 aliphatic heterocycles. The highest BCUT2D eigenvalue weighted by Crippen LogP contribution is 2.38. The number of nitriles is 1. The molecular weight excluding hydrogens is 434 g/mol. The second kappa shape index (κ2) is 11.9. The van der Waals surface area contributed by atoms with Crippen molar-refractivity contribution in [2.75, 3.05) is 20.3 Å². The van der Waals surface area contributed by atoms with Gasteiger partial charge in [-0.1, -0.05) is 6.92 Å². The number of benzene rings is 2. The molecule has 0 bridgehead atoms. The van der Waals surface area contributed by atoms with Gasteiger partial charge in [0.25, 0.3) is 0 Å². The summed E-state index contributed by atoms with van der Waals surface area (Å²) in [5.74, 6) is -0.116. The molecule has 0 saturated heterocycles. The Labute approximate surface area is 200 Å². The minimum atomic E-state index is -0.847. The largest absolute Gasteiger partial charge is 0.490 e. The molecule has 2 aromatic rings. The molecule has 0 aromatic heterocycles. The number of hydrogen-bond acceptors (Lipinski definition) is 8. The van der Waals surface area contributed by atoms with Gasteiger partial charge in [0.05, 0.1) is 40.9 Å². The summed E-state index contributed by atoms with van der Waals surface area (Å²) < 4.78 is 15.9. The Balaban J connectivity index is 1.81. The molecule has 0 aliphatic carbocycles. The van der Waals surface area contributed by atoms with Crippen LogP contribution >= 0.6 is 0 Å². The fourth-order valence-corrected chi connectivity index (χ4v) is 3.45. The highest BCUT2D eigenvalue weighted by Gasteiger charge is 2.42. The zero-order valence-electron chi connectivity index (χ0n) is 20.3. The van der Waals surface area contributed by atoms with Gasteiger partial charge in [-0.3, -0.25) is 9.59 Å². The van der Waals surface area contributed by atoms with Crippen molar-refractivity contribution < 1.29 is 23.8 Å². The van der Waals surface area contributed by atoms with Gasteiger partial charge in [0.15, 0.2) is 0 Å². The summed E-state index contributed by atoms with van der Waals surface area (Å²) in [6, 6.07) is 15.9. The molecule has 8 nitrogen and oxygen atoms in total. The van der Waals surface area contributed by atoms with Gasteiger partial charge in [-0.2, -0.15) is 15.5 Å². The number of esters is 2. The van der Waals surface area contributed by atoms with E-state index in [1.165, 1.54) is 7.11 Å². The number of carbonyl (C=O) groups excluding carboxylic acids is 2. The molecule has 0 aliphatic rings. The van der Waals surface area contributed by atoms with Gasteiger partial charge in [0.1, 0.15) is 19.0 Å². The number of nitrogens with zero attached hydrogens (tertiary/aromatic N) is 3. The third-order valence-electron chi connectivity index (χ3n) is 5.54. The fraction of sp³-hybridized carbons (Fsp3) is 0.423. The first-order valence-electron chi connectivity index (χ1n) is 11.0. The number of rotatable bonds is 11. The molecule has 0 amide bonds. The van der Waals surface area contributed by atoms with E-state index in [2.05, 4.69) is 16.3 Å². The first-order valence-corrected chi connectivity index (χ1v) is 11.0. The zero-order valence-corrected chi connectivity index (χ0v) is 20.3. The summed E-state index contributed by atoms with van der Waals surface area (Å²) in [5, 5.41) is 17.1. The average Bonchev–Trinajstić information content (AvgIpc) is 2.85. The maximum absolute atomic E-state index is 12.6. The van der Waals surface area contributed by atoms with Crippen LogP contribution in [-0.2, 0) is 19.1 Å². The topological polar surface area (TPSA) is 110 Å².